The molecule has 2 aromatic carbocycles. The summed E-state index contributed by atoms with van der Waals surface area (Å²) in [6, 6.07) is 11.3. The van der Waals surface area contributed by atoms with Crippen LogP contribution in [-0.4, -0.2) is 40.0 Å². The number of amides is 1. The first-order valence-corrected chi connectivity index (χ1v) is 12.9. The van der Waals surface area contributed by atoms with Crippen LogP contribution in [0.4, 0.5) is 9.52 Å². The van der Waals surface area contributed by atoms with Gasteiger partial charge in [0.05, 0.1) is 45.3 Å². The van der Waals surface area contributed by atoms with E-state index < -0.39 is 29.3 Å². The van der Waals surface area contributed by atoms with E-state index in [4.69, 9.17) is 21.1 Å². The zero-order valence-electron chi connectivity index (χ0n) is 20.3. The van der Waals surface area contributed by atoms with Crippen LogP contribution in [0.5, 0.6) is 11.5 Å². The van der Waals surface area contributed by atoms with Crippen LogP contribution in [0.25, 0.3) is 16.0 Å². The lowest BCUT2D eigenvalue weighted by Crippen LogP contribution is -2.29. The number of aliphatic hydroxyl groups excluding tert-OH is 1. The normalized spacial score (nSPS) is 16.8. The molecule has 1 fully saturated rings. The monoisotopic (exact) mass is 553 g/mol. The van der Waals surface area contributed by atoms with Gasteiger partial charge in [-0.1, -0.05) is 29.0 Å². The summed E-state index contributed by atoms with van der Waals surface area (Å²) >= 11 is 6.94. The zero-order valence-corrected chi connectivity index (χ0v) is 21.8. The Bertz CT molecular complexity index is 1550. The summed E-state index contributed by atoms with van der Waals surface area (Å²) in [4.78, 5) is 36.8. The van der Waals surface area contributed by atoms with Gasteiger partial charge < -0.3 is 14.6 Å². The maximum Gasteiger partial charge on any atom is 0.301 e. The molecule has 0 saturated carbocycles. The average molecular weight is 554 g/mol. The van der Waals surface area contributed by atoms with Crippen molar-refractivity contribution in [3.05, 3.63) is 82.4 Å². The molecule has 194 valence electrons. The molecule has 1 N–H and O–H groups in total. The molecule has 2 aromatic heterocycles. The van der Waals surface area contributed by atoms with Crippen molar-refractivity contribution < 1.29 is 28.6 Å². The van der Waals surface area contributed by atoms with Gasteiger partial charge in [0.25, 0.3) is 5.78 Å². The minimum absolute atomic E-state index is 0.114. The Kier molecular flexibility index (Phi) is 7.00. The number of anilines is 1. The predicted molar refractivity (Wildman–Crippen MR) is 142 cm³/mol. The summed E-state index contributed by atoms with van der Waals surface area (Å²) in [5, 5.41) is 11.5. The van der Waals surface area contributed by atoms with Crippen molar-refractivity contribution in [2.75, 3.05) is 18.1 Å². The number of ketones is 1. The summed E-state index contributed by atoms with van der Waals surface area (Å²) in [6.07, 6.45) is 1.52. The molecule has 8 nitrogen and oxygen atoms in total. The van der Waals surface area contributed by atoms with E-state index in [0.29, 0.717) is 34.9 Å². The van der Waals surface area contributed by atoms with Gasteiger partial charge in [-0.3, -0.25) is 19.5 Å². The largest absolute Gasteiger partial charge is 0.507 e. The first kappa shape index (κ1) is 25.6. The Hall–Kier alpha value is -4.02. The van der Waals surface area contributed by atoms with Gasteiger partial charge >= 0.3 is 5.91 Å². The fourth-order valence-corrected chi connectivity index (χ4v) is 5.39. The second-order valence-corrected chi connectivity index (χ2v) is 9.59. The molecule has 1 aliphatic rings. The molecule has 0 radical (unpaired) electrons. The number of ether oxygens (including phenoxy) is 2. The molecule has 4 aromatic rings. The topological polar surface area (TPSA) is 102 Å². The third-order valence-electron chi connectivity index (χ3n) is 5.86. The summed E-state index contributed by atoms with van der Waals surface area (Å²) in [6.45, 7) is 4.34. The standard InChI is InChI=1S/C27H21ClFN3O5S/c1-3-36-14-8-9-15(20(11-14)37-4-2)24(33)22-23(18-7-5-6-10-30-18)32(26(35)25(22)34)27-31-19-12-16(28)17(29)13-21(19)38-27/h5-13,23,33H,3-4H2,1-2H3/b24-22+. The number of aromatic nitrogens is 2. The first-order chi connectivity index (χ1) is 18.3. The van der Waals surface area contributed by atoms with E-state index in [2.05, 4.69) is 9.97 Å². The molecule has 0 bridgehead atoms. The molecule has 1 atom stereocenters. The van der Waals surface area contributed by atoms with Gasteiger partial charge in [-0.05, 0) is 50.2 Å². The fraction of sp³-hybridized carbons (Fsp3) is 0.185. The lowest BCUT2D eigenvalue weighted by Gasteiger charge is -2.22. The third kappa shape index (κ3) is 4.46. The van der Waals surface area contributed by atoms with E-state index >= 15 is 0 Å². The smallest absolute Gasteiger partial charge is 0.301 e. The second kappa shape index (κ2) is 10.4. The van der Waals surface area contributed by atoms with E-state index in [-0.39, 0.29) is 27.0 Å². The van der Waals surface area contributed by atoms with Crippen molar-refractivity contribution in [1.29, 1.82) is 0 Å². The Morgan fingerprint density at radius 1 is 1.13 bits per heavy atom. The minimum atomic E-state index is -1.10. The van der Waals surface area contributed by atoms with E-state index in [1.54, 1.807) is 43.3 Å². The Balaban J connectivity index is 1.71. The van der Waals surface area contributed by atoms with Crippen LogP contribution in [0.2, 0.25) is 5.02 Å². The van der Waals surface area contributed by atoms with Crippen LogP contribution >= 0.6 is 22.9 Å². The Morgan fingerprint density at radius 3 is 2.63 bits per heavy atom. The van der Waals surface area contributed by atoms with E-state index in [0.717, 1.165) is 11.3 Å². The van der Waals surface area contributed by atoms with Gasteiger partial charge in [-0.2, -0.15) is 0 Å². The number of aliphatic hydroxyl groups is 1. The van der Waals surface area contributed by atoms with E-state index in [1.165, 1.54) is 23.2 Å². The van der Waals surface area contributed by atoms with Crippen molar-refractivity contribution in [2.24, 2.45) is 0 Å². The molecule has 38 heavy (non-hydrogen) atoms. The average Bonchev–Trinajstić information content (AvgIpc) is 3.42. The molecule has 5 rings (SSSR count). The molecule has 1 unspecified atom stereocenters. The van der Waals surface area contributed by atoms with Gasteiger partial charge in [0.2, 0.25) is 0 Å². The van der Waals surface area contributed by atoms with Gasteiger partial charge in [-0.15, -0.1) is 0 Å². The SMILES string of the molecule is CCOc1ccc(/C(O)=C2\C(=O)C(=O)N(c3nc4cc(Cl)c(F)cc4s3)C2c2ccccn2)c(OCC)c1. The van der Waals surface area contributed by atoms with Crippen molar-refractivity contribution in [1.82, 2.24) is 9.97 Å². The molecule has 1 saturated heterocycles. The Labute approximate surface area is 225 Å². The molecule has 0 aliphatic carbocycles. The molecule has 1 aliphatic heterocycles. The number of Topliss-reactive ketones (excluding diaryl/α,β-unsaturated/α-hetero) is 1. The molecular weight excluding hydrogens is 533 g/mol. The number of hydrogen-bond donors (Lipinski definition) is 1. The highest BCUT2D eigenvalue weighted by molar-refractivity contribution is 7.22. The lowest BCUT2D eigenvalue weighted by molar-refractivity contribution is -0.132. The van der Waals surface area contributed by atoms with Crippen LogP contribution in [-0.2, 0) is 9.59 Å². The van der Waals surface area contributed by atoms with Crippen LogP contribution in [0.1, 0.15) is 31.1 Å². The van der Waals surface area contributed by atoms with Crippen LogP contribution in [0.15, 0.2) is 60.3 Å². The number of hydrogen-bond acceptors (Lipinski definition) is 8. The minimum Gasteiger partial charge on any atom is -0.507 e. The van der Waals surface area contributed by atoms with Crippen molar-refractivity contribution in [3.8, 4) is 11.5 Å². The number of pyridine rings is 1. The van der Waals surface area contributed by atoms with Gasteiger partial charge in [-0.25, -0.2) is 9.37 Å². The number of halogens is 2. The number of thiazole rings is 1. The number of carbonyl (C=O) groups is 2. The summed E-state index contributed by atoms with van der Waals surface area (Å²) in [5.74, 6) is -2.07. The maximum atomic E-state index is 14.1. The van der Waals surface area contributed by atoms with Crippen molar-refractivity contribution >= 4 is 55.7 Å². The highest BCUT2D eigenvalue weighted by atomic mass is 35.5. The second-order valence-electron chi connectivity index (χ2n) is 8.18. The van der Waals surface area contributed by atoms with Gasteiger partial charge in [0, 0.05) is 12.3 Å². The number of fused-ring (bicyclic) bond motifs is 1. The molecule has 0 spiro atoms. The summed E-state index contributed by atoms with van der Waals surface area (Å²) in [5.41, 5.74) is 0.735. The molecular formula is C27H21ClFN3O5S. The molecule has 3 heterocycles. The number of benzene rings is 2. The third-order valence-corrected chi connectivity index (χ3v) is 7.16. The molecule has 1 amide bonds. The van der Waals surface area contributed by atoms with Gasteiger partial charge in [0.1, 0.15) is 29.1 Å². The first-order valence-electron chi connectivity index (χ1n) is 11.7. The highest BCUT2D eigenvalue weighted by Gasteiger charge is 2.49. The van der Waals surface area contributed by atoms with Crippen LogP contribution < -0.4 is 14.4 Å². The number of nitrogens with zero attached hydrogens (tertiary/aromatic N) is 3. The summed E-state index contributed by atoms with van der Waals surface area (Å²) < 4.78 is 25.8. The van der Waals surface area contributed by atoms with Crippen LogP contribution in [0.3, 0.4) is 0 Å². The number of carbonyl (C=O) groups excluding carboxylic acids is 2. The van der Waals surface area contributed by atoms with E-state index in [1.807, 2.05) is 6.92 Å². The van der Waals surface area contributed by atoms with Crippen LogP contribution in [0, 0.1) is 5.82 Å². The quantitative estimate of drug-likeness (QED) is 0.172. The molecule has 11 heteroatoms. The predicted octanol–water partition coefficient (Wildman–Crippen LogP) is 5.91. The highest BCUT2D eigenvalue weighted by Crippen LogP contribution is 2.45. The lowest BCUT2D eigenvalue weighted by atomic mass is 9.98. The zero-order chi connectivity index (χ0) is 27.0. The summed E-state index contributed by atoms with van der Waals surface area (Å²) in [7, 11) is 0. The van der Waals surface area contributed by atoms with Crippen molar-refractivity contribution in [3.63, 3.8) is 0 Å². The Morgan fingerprint density at radius 2 is 1.92 bits per heavy atom. The number of rotatable bonds is 7. The maximum absolute atomic E-state index is 14.1. The van der Waals surface area contributed by atoms with Gasteiger partial charge in [0.15, 0.2) is 5.13 Å². The fourth-order valence-electron chi connectivity index (χ4n) is 4.24. The van der Waals surface area contributed by atoms with Crippen molar-refractivity contribution in [2.45, 2.75) is 19.9 Å². The van der Waals surface area contributed by atoms with E-state index in [9.17, 15) is 19.1 Å².